The van der Waals surface area contributed by atoms with Gasteiger partial charge in [0.2, 0.25) is 0 Å². The molecule has 1 amide bonds. The summed E-state index contributed by atoms with van der Waals surface area (Å²) in [6, 6.07) is 16.9. The maximum atomic E-state index is 13.8. The summed E-state index contributed by atoms with van der Waals surface area (Å²) in [6.07, 6.45) is -0.379. The van der Waals surface area contributed by atoms with Crippen LogP contribution in [0, 0.1) is 0 Å². The van der Waals surface area contributed by atoms with Gasteiger partial charge in [0.1, 0.15) is 6.04 Å². The Balaban J connectivity index is 2.14. The third-order valence-electron chi connectivity index (χ3n) is 4.84. The van der Waals surface area contributed by atoms with E-state index in [1.807, 2.05) is 36.4 Å². The molecule has 7 nitrogen and oxygen atoms in total. The minimum atomic E-state index is -1.33. The van der Waals surface area contributed by atoms with Crippen LogP contribution in [0.2, 0.25) is 0 Å². The summed E-state index contributed by atoms with van der Waals surface area (Å²) in [5.74, 6) is -1.89. The van der Waals surface area contributed by atoms with Crippen molar-refractivity contribution in [2.24, 2.45) is 0 Å². The number of carbonyl (C=O) groups excluding carboxylic acids is 3. The Labute approximate surface area is 173 Å². The molecular formula is C21H20N2O5S. The topological polar surface area (TPSA) is 84.9 Å². The van der Waals surface area contributed by atoms with Gasteiger partial charge in [-0.3, -0.25) is 14.5 Å². The largest absolute Gasteiger partial charge is 0.469 e. The van der Waals surface area contributed by atoms with Crippen molar-refractivity contribution < 1.29 is 23.9 Å². The molecule has 150 valence electrons. The van der Waals surface area contributed by atoms with Gasteiger partial charge in [0.05, 0.1) is 20.6 Å². The lowest BCUT2D eigenvalue weighted by atomic mass is 9.82. The summed E-state index contributed by atoms with van der Waals surface area (Å²) in [6.45, 7) is 0. The van der Waals surface area contributed by atoms with E-state index in [2.05, 4.69) is 10.1 Å². The summed E-state index contributed by atoms with van der Waals surface area (Å²) in [7, 11) is 2.39. The molecule has 2 aromatic carbocycles. The highest BCUT2D eigenvalue weighted by Gasteiger charge is 2.55. The van der Waals surface area contributed by atoms with Crippen LogP contribution in [0.3, 0.4) is 0 Å². The third-order valence-corrected chi connectivity index (χ3v) is 5.14. The standard InChI is InChI=1S/C21H20N2O5S/c1-27-17(24)13-16(18(25)28-2)23-19(26)21(22-20(23)29,14-9-5-3-6-10-14)15-11-7-4-8-12-15/h3-12,16H,13H2,1-2H3,(H,22,29). The van der Waals surface area contributed by atoms with Gasteiger partial charge >= 0.3 is 11.9 Å². The van der Waals surface area contributed by atoms with Crippen LogP contribution in [0.5, 0.6) is 0 Å². The summed E-state index contributed by atoms with van der Waals surface area (Å²) in [4.78, 5) is 39.2. The number of carbonyl (C=O) groups is 3. The van der Waals surface area contributed by atoms with Gasteiger partial charge in [-0.1, -0.05) is 60.7 Å². The number of amides is 1. The molecule has 1 aliphatic rings. The summed E-state index contributed by atoms with van der Waals surface area (Å²) in [5.41, 5.74) is -0.0207. The van der Waals surface area contributed by atoms with Crippen molar-refractivity contribution in [2.75, 3.05) is 14.2 Å². The molecule has 0 aromatic heterocycles. The first-order valence-electron chi connectivity index (χ1n) is 8.87. The molecule has 1 atom stereocenters. The number of rotatable bonds is 6. The zero-order chi connectivity index (χ0) is 21.0. The normalized spacial score (nSPS) is 16.1. The summed E-state index contributed by atoms with van der Waals surface area (Å²) >= 11 is 5.43. The molecule has 0 saturated carbocycles. The smallest absolute Gasteiger partial charge is 0.329 e. The molecule has 2 aromatic rings. The first kappa shape index (κ1) is 20.5. The van der Waals surface area contributed by atoms with Crippen LogP contribution in [-0.2, 0) is 29.4 Å². The highest BCUT2D eigenvalue weighted by atomic mass is 32.1. The number of thiocarbonyl (C=S) groups is 1. The van der Waals surface area contributed by atoms with Crippen LogP contribution in [-0.4, -0.2) is 48.1 Å². The van der Waals surface area contributed by atoms with E-state index < -0.39 is 29.4 Å². The van der Waals surface area contributed by atoms with Gasteiger partial charge in [-0.05, 0) is 23.3 Å². The molecule has 1 heterocycles. The van der Waals surface area contributed by atoms with Crippen LogP contribution in [0.15, 0.2) is 60.7 Å². The molecule has 3 rings (SSSR count). The monoisotopic (exact) mass is 412 g/mol. The van der Waals surface area contributed by atoms with Crippen LogP contribution in [0.1, 0.15) is 17.5 Å². The number of nitrogens with one attached hydrogen (secondary N) is 1. The Bertz CT molecular complexity index is 893. The van der Waals surface area contributed by atoms with Crippen molar-refractivity contribution in [2.45, 2.75) is 18.0 Å². The Morgan fingerprint density at radius 1 is 1.00 bits per heavy atom. The average molecular weight is 412 g/mol. The molecule has 0 spiro atoms. The lowest BCUT2D eigenvalue weighted by molar-refractivity contribution is -0.154. The highest BCUT2D eigenvalue weighted by molar-refractivity contribution is 7.80. The molecule has 1 fully saturated rings. The third kappa shape index (κ3) is 3.58. The fourth-order valence-electron chi connectivity index (χ4n) is 3.42. The fraction of sp³-hybridized carbons (Fsp3) is 0.238. The number of benzene rings is 2. The zero-order valence-corrected chi connectivity index (χ0v) is 16.8. The predicted molar refractivity (Wildman–Crippen MR) is 109 cm³/mol. The van der Waals surface area contributed by atoms with Crippen molar-refractivity contribution in [1.82, 2.24) is 10.2 Å². The molecule has 0 aliphatic carbocycles. The van der Waals surface area contributed by atoms with Gasteiger partial charge in [-0.2, -0.15) is 0 Å². The van der Waals surface area contributed by atoms with Crippen LogP contribution >= 0.6 is 12.2 Å². The minimum Gasteiger partial charge on any atom is -0.469 e. The van der Waals surface area contributed by atoms with E-state index in [1.54, 1.807) is 24.3 Å². The molecule has 1 saturated heterocycles. The maximum absolute atomic E-state index is 13.8. The van der Waals surface area contributed by atoms with Crippen LogP contribution < -0.4 is 5.32 Å². The lowest BCUT2D eigenvalue weighted by Gasteiger charge is -2.29. The summed E-state index contributed by atoms with van der Waals surface area (Å²) < 4.78 is 9.50. The second-order valence-corrected chi connectivity index (χ2v) is 6.79. The average Bonchev–Trinajstić information content (AvgIpc) is 3.03. The molecule has 0 radical (unpaired) electrons. The van der Waals surface area contributed by atoms with Gasteiger partial charge in [0.25, 0.3) is 5.91 Å². The Hall–Kier alpha value is -3.26. The molecular weight excluding hydrogens is 392 g/mol. The van der Waals surface area contributed by atoms with Gasteiger partial charge in [0.15, 0.2) is 10.7 Å². The van der Waals surface area contributed by atoms with Crippen molar-refractivity contribution in [3.8, 4) is 0 Å². The number of ether oxygens (including phenoxy) is 2. The molecule has 1 aliphatic heterocycles. The van der Waals surface area contributed by atoms with E-state index in [0.29, 0.717) is 11.1 Å². The second kappa shape index (κ2) is 8.40. The fourth-order valence-corrected chi connectivity index (χ4v) is 3.78. The predicted octanol–water partition coefficient (Wildman–Crippen LogP) is 1.75. The number of hydrogen-bond donors (Lipinski definition) is 1. The molecule has 8 heteroatoms. The van der Waals surface area contributed by atoms with Crippen molar-refractivity contribution in [3.63, 3.8) is 0 Å². The number of hydrogen-bond acceptors (Lipinski definition) is 6. The van der Waals surface area contributed by atoms with Crippen molar-refractivity contribution in [1.29, 1.82) is 0 Å². The van der Waals surface area contributed by atoms with Gasteiger partial charge in [0, 0.05) is 0 Å². The maximum Gasteiger partial charge on any atom is 0.329 e. The van der Waals surface area contributed by atoms with E-state index in [1.165, 1.54) is 14.2 Å². The van der Waals surface area contributed by atoms with E-state index in [-0.39, 0.29) is 11.5 Å². The van der Waals surface area contributed by atoms with E-state index >= 15 is 0 Å². The summed E-state index contributed by atoms with van der Waals surface area (Å²) in [5, 5.41) is 3.13. The van der Waals surface area contributed by atoms with Crippen molar-refractivity contribution in [3.05, 3.63) is 71.8 Å². The number of nitrogens with zero attached hydrogens (tertiary/aromatic N) is 1. The number of esters is 2. The highest BCUT2D eigenvalue weighted by Crippen LogP contribution is 2.37. The minimum absolute atomic E-state index is 0.0296. The zero-order valence-electron chi connectivity index (χ0n) is 16.0. The van der Waals surface area contributed by atoms with E-state index in [9.17, 15) is 14.4 Å². The van der Waals surface area contributed by atoms with E-state index in [4.69, 9.17) is 17.0 Å². The molecule has 0 bridgehead atoms. The first-order chi connectivity index (χ1) is 14.0. The van der Waals surface area contributed by atoms with Gasteiger partial charge in [-0.25, -0.2) is 4.79 Å². The molecule has 1 unspecified atom stereocenters. The molecule has 29 heavy (non-hydrogen) atoms. The number of methoxy groups -OCH3 is 2. The Kier molecular flexibility index (Phi) is 5.93. The SMILES string of the molecule is COC(=O)CC(C(=O)OC)N1C(=O)C(c2ccccc2)(c2ccccc2)NC1=S. The van der Waals surface area contributed by atoms with Gasteiger partial charge in [-0.15, -0.1) is 0 Å². The second-order valence-electron chi connectivity index (χ2n) is 6.41. The van der Waals surface area contributed by atoms with Crippen LogP contribution in [0.4, 0.5) is 0 Å². The quantitative estimate of drug-likeness (QED) is 0.572. The Morgan fingerprint density at radius 3 is 1.97 bits per heavy atom. The van der Waals surface area contributed by atoms with Crippen molar-refractivity contribution >= 4 is 35.2 Å². The lowest BCUT2D eigenvalue weighted by Crippen LogP contribution is -2.49. The van der Waals surface area contributed by atoms with E-state index in [0.717, 1.165) is 4.90 Å². The van der Waals surface area contributed by atoms with Gasteiger partial charge < -0.3 is 14.8 Å². The first-order valence-corrected chi connectivity index (χ1v) is 9.28. The Morgan fingerprint density at radius 2 is 1.52 bits per heavy atom. The van der Waals surface area contributed by atoms with Crippen LogP contribution in [0.25, 0.3) is 0 Å². The molecule has 1 N–H and O–H groups in total.